The van der Waals surface area contributed by atoms with E-state index in [0.29, 0.717) is 24.7 Å². The van der Waals surface area contributed by atoms with E-state index >= 15 is 0 Å². The number of hydrogen-bond acceptors (Lipinski definition) is 6. The molecule has 2 aromatic heterocycles. The van der Waals surface area contributed by atoms with Crippen LogP contribution in [0.1, 0.15) is 65.8 Å². The summed E-state index contributed by atoms with van der Waals surface area (Å²) in [5, 5.41) is 9.83. The molecule has 2 aromatic rings. The van der Waals surface area contributed by atoms with E-state index in [-0.39, 0.29) is 23.8 Å². The summed E-state index contributed by atoms with van der Waals surface area (Å²) in [6, 6.07) is 1.71. The van der Waals surface area contributed by atoms with Crippen LogP contribution in [-0.2, 0) is 4.79 Å². The molecule has 0 aromatic carbocycles. The minimum Gasteiger partial charge on any atom is -0.360 e. The first-order valence-corrected chi connectivity index (χ1v) is 9.92. The van der Waals surface area contributed by atoms with Crippen LogP contribution >= 0.6 is 11.3 Å². The van der Waals surface area contributed by atoms with Crippen LogP contribution < -0.4 is 5.32 Å². The molecule has 0 bridgehead atoms. The summed E-state index contributed by atoms with van der Waals surface area (Å²) in [5.74, 6) is 1.43. The third-order valence-corrected chi connectivity index (χ3v) is 5.96. The highest BCUT2D eigenvalue weighted by Gasteiger charge is 2.33. The summed E-state index contributed by atoms with van der Waals surface area (Å²) in [6.45, 7) is 2.83. The lowest BCUT2D eigenvalue weighted by molar-refractivity contribution is -0.120. The summed E-state index contributed by atoms with van der Waals surface area (Å²) >= 11 is 1.55. The highest BCUT2D eigenvalue weighted by Crippen LogP contribution is 2.40. The van der Waals surface area contributed by atoms with Crippen LogP contribution in [0, 0.1) is 5.92 Å². The Kier molecular flexibility index (Phi) is 4.76. The molecule has 3 heterocycles. The van der Waals surface area contributed by atoms with E-state index in [4.69, 9.17) is 4.52 Å². The van der Waals surface area contributed by atoms with Gasteiger partial charge in [-0.1, -0.05) is 5.16 Å². The van der Waals surface area contributed by atoms with Gasteiger partial charge in [-0.3, -0.25) is 9.59 Å². The Morgan fingerprint density at radius 1 is 1.31 bits per heavy atom. The maximum Gasteiger partial charge on any atom is 0.276 e. The molecular weight excluding hydrogens is 352 g/mol. The second-order valence-corrected chi connectivity index (χ2v) is 7.99. The molecule has 0 radical (unpaired) electrons. The molecule has 2 aliphatic rings. The minimum atomic E-state index is -0.0849. The highest BCUT2D eigenvalue weighted by molar-refractivity contribution is 7.09. The summed E-state index contributed by atoms with van der Waals surface area (Å²) in [7, 11) is 0. The Morgan fingerprint density at radius 2 is 2.08 bits per heavy atom. The van der Waals surface area contributed by atoms with E-state index in [1.54, 1.807) is 23.6 Å². The molecule has 7 nitrogen and oxygen atoms in total. The topological polar surface area (TPSA) is 88.3 Å². The summed E-state index contributed by atoms with van der Waals surface area (Å²) in [6.07, 6.45) is 5.65. The number of hydrogen-bond donors (Lipinski definition) is 1. The Balaban J connectivity index is 1.39. The van der Waals surface area contributed by atoms with Crippen molar-refractivity contribution >= 4 is 23.2 Å². The van der Waals surface area contributed by atoms with Gasteiger partial charge in [0.1, 0.15) is 10.8 Å². The predicted octanol–water partition coefficient (Wildman–Crippen LogP) is 2.74. The SMILES string of the molecule is CC(=O)NC(c1nccs1)C1CCN(C(=O)c2cc(C3CC3)on2)CC1. The quantitative estimate of drug-likeness (QED) is 0.869. The van der Waals surface area contributed by atoms with Crippen molar-refractivity contribution in [3.8, 4) is 0 Å². The van der Waals surface area contributed by atoms with Crippen molar-refractivity contribution in [1.29, 1.82) is 0 Å². The highest BCUT2D eigenvalue weighted by atomic mass is 32.1. The number of carbonyl (C=O) groups excluding carboxylic acids is 2. The molecule has 1 saturated carbocycles. The van der Waals surface area contributed by atoms with Gasteiger partial charge in [0.05, 0.1) is 6.04 Å². The molecule has 1 N–H and O–H groups in total. The zero-order chi connectivity index (χ0) is 18.1. The molecule has 138 valence electrons. The van der Waals surface area contributed by atoms with Gasteiger partial charge in [0.15, 0.2) is 5.69 Å². The summed E-state index contributed by atoms with van der Waals surface area (Å²) < 4.78 is 5.30. The van der Waals surface area contributed by atoms with Crippen molar-refractivity contribution < 1.29 is 14.1 Å². The third-order valence-electron chi connectivity index (χ3n) is 5.10. The lowest BCUT2D eigenvalue weighted by atomic mass is 9.89. The summed E-state index contributed by atoms with van der Waals surface area (Å²) in [5.41, 5.74) is 0.406. The standard InChI is InChI=1S/C18H22N4O3S/c1-11(23)20-16(17-19-6-9-26-17)13-4-7-22(8-5-13)18(24)14-10-15(25-21-14)12-2-3-12/h6,9-10,12-13,16H,2-5,7-8H2,1H3,(H,20,23). The van der Waals surface area contributed by atoms with Crippen LogP contribution in [0.2, 0.25) is 0 Å². The first-order valence-electron chi connectivity index (χ1n) is 9.04. The van der Waals surface area contributed by atoms with Crippen molar-refractivity contribution in [2.45, 2.75) is 44.6 Å². The molecule has 2 amide bonds. The molecule has 8 heteroatoms. The molecule has 2 fully saturated rings. The average Bonchev–Trinajstić information content (AvgIpc) is 3.14. The van der Waals surface area contributed by atoms with Crippen molar-refractivity contribution in [3.63, 3.8) is 0 Å². The van der Waals surface area contributed by atoms with Gasteiger partial charge in [0.25, 0.3) is 5.91 Å². The molecule has 1 unspecified atom stereocenters. The Labute approximate surface area is 155 Å². The zero-order valence-electron chi connectivity index (χ0n) is 14.7. The molecule has 26 heavy (non-hydrogen) atoms. The summed E-state index contributed by atoms with van der Waals surface area (Å²) in [4.78, 5) is 30.5. The van der Waals surface area contributed by atoms with Gasteiger partial charge in [0, 0.05) is 43.6 Å². The number of likely N-dealkylation sites (tertiary alicyclic amines) is 1. The monoisotopic (exact) mass is 374 g/mol. The van der Waals surface area contributed by atoms with Crippen LogP contribution in [-0.4, -0.2) is 39.9 Å². The maximum absolute atomic E-state index is 12.7. The van der Waals surface area contributed by atoms with E-state index in [0.717, 1.165) is 36.5 Å². The van der Waals surface area contributed by atoms with Gasteiger partial charge in [-0.2, -0.15) is 0 Å². The average molecular weight is 374 g/mol. The van der Waals surface area contributed by atoms with Crippen molar-refractivity contribution in [3.05, 3.63) is 34.1 Å². The number of carbonyl (C=O) groups is 2. The number of nitrogens with zero attached hydrogens (tertiary/aromatic N) is 3. The van der Waals surface area contributed by atoms with Gasteiger partial charge in [-0.25, -0.2) is 4.98 Å². The fraction of sp³-hybridized carbons (Fsp3) is 0.556. The largest absolute Gasteiger partial charge is 0.360 e. The number of aromatic nitrogens is 2. The van der Waals surface area contributed by atoms with Crippen LogP contribution in [0.5, 0.6) is 0 Å². The second kappa shape index (κ2) is 7.19. The number of amides is 2. The van der Waals surface area contributed by atoms with E-state index in [1.165, 1.54) is 6.92 Å². The van der Waals surface area contributed by atoms with Crippen molar-refractivity contribution in [2.24, 2.45) is 5.92 Å². The van der Waals surface area contributed by atoms with E-state index in [9.17, 15) is 9.59 Å². The second-order valence-electron chi connectivity index (χ2n) is 7.07. The van der Waals surface area contributed by atoms with Crippen molar-refractivity contribution in [2.75, 3.05) is 13.1 Å². The minimum absolute atomic E-state index is 0.0566. The number of nitrogens with one attached hydrogen (secondary N) is 1. The Bertz CT molecular complexity index is 776. The van der Waals surface area contributed by atoms with Crippen LogP contribution in [0.3, 0.4) is 0 Å². The number of thiazole rings is 1. The lowest BCUT2D eigenvalue weighted by Gasteiger charge is -2.35. The molecule has 1 atom stereocenters. The Morgan fingerprint density at radius 3 is 2.69 bits per heavy atom. The predicted molar refractivity (Wildman–Crippen MR) is 95.8 cm³/mol. The fourth-order valence-electron chi connectivity index (χ4n) is 3.54. The first kappa shape index (κ1) is 17.2. The molecular formula is C18H22N4O3S. The smallest absolute Gasteiger partial charge is 0.276 e. The van der Waals surface area contributed by atoms with Crippen LogP contribution in [0.15, 0.2) is 22.2 Å². The van der Waals surface area contributed by atoms with E-state index in [2.05, 4.69) is 15.5 Å². The zero-order valence-corrected chi connectivity index (χ0v) is 15.5. The van der Waals surface area contributed by atoms with Gasteiger partial charge >= 0.3 is 0 Å². The van der Waals surface area contributed by atoms with E-state index in [1.807, 2.05) is 10.3 Å². The first-order chi connectivity index (χ1) is 12.6. The number of piperidine rings is 1. The van der Waals surface area contributed by atoms with Gasteiger partial charge in [-0.15, -0.1) is 11.3 Å². The molecule has 1 aliphatic carbocycles. The lowest BCUT2D eigenvalue weighted by Crippen LogP contribution is -2.42. The molecule has 4 rings (SSSR count). The van der Waals surface area contributed by atoms with Gasteiger partial charge < -0.3 is 14.7 Å². The van der Waals surface area contributed by atoms with Gasteiger partial charge in [0.2, 0.25) is 5.91 Å². The fourth-order valence-corrected chi connectivity index (χ4v) is 4.32. The normalized spacial score (nSPS) is 19.3. The molecule has 1 saturated heterocycles. The maximum atomic E-state index is 12.7. The van der Waals surface area contributed by atoms with Crippen LogP contribution in [0.4, 0.5) is 0 Å². The Hall–Kier alpha value is -2.22. The third kappa shape index (κ3) is 3.65. The van der Waals surface area contributed by atoms with Crippen LogP contribution in [0.25, 0.3) is 0 Å². The van der Waals surface area contributed by atoms with Crippen molar-refractivity contribution in [1.82, 2.24) is 20.4 Å². The van der Waals surface area contributed by atoms with E-state index < -0.39 is 0 Å². The number of rotatable bonds is 5. The molecule has 0 spiro atoms. The van der Waals surface area contributed by atoms with Gasteiger partial charge in [-0.05, 0) is 31.6 Å². The molecule has 1 aliphatic heterocycles.